The molecular weight excluding hydrogens is 230 g/mol. The number of nitrogens with zero attached hydrogens (tertiary/aromatic N) is 2. The van der Waals surface area contributed by atoms with Crippen LogP contribution in [0.2, 0.25) is 0 Å². The molecule has 1 N–H and O–H groups in total. The van der Waals surface area contributed by atoms with Gasteiger partial charge in [-0.1, -0.05) is 22.0 Å². The molecule has 66 valence electrons. The van der Waals surface area contributed by atoms with Crippen molar-refractivity contribution in [3.8, 4) is 0 Å². The molecule has 4 heteroatoms. The molecule has 0 fully saturated rings. The van der Waals surface area contributed by atoms with E-state index < -0.39 is 0 Å². The highest BCUT2D eigenvalue weighted by molar-refractivity contribution is 9.09. The first-order valence-corrected chi connectivity index (χ1v) is 5.04. The lowest BCUT2D eigenvalue weighted by molar-refractivity contribution is 1.11. The number of allylic oxidation sites excluding steroid dienone is 1. The molecule has 0 aliphatic rings. The summed E-state index contributed by atoms with van der Waals surface area (Å²) in [6.45, 7) is 0. The molecule has 0 amide bonds. The van der Waals surface area contributed by atoms with Gasteiger partial charge in [0.1, 0.15) is 0 Å². The van der Waals surface area contributed by atoms with Crippen LogP contribution in [0.25, 0.3) is 17.0 Å². The Morgan fingerprint density at radius 3 is 3.23 bits per heavy atom. The number of aromatic nitrogens is 3. The fourth-order valence-electron chi connectivity index (χ4n) is 1.12. The molecule has 3 nitrogen and oxygen atoms in total. The zero-order chi connectivity index (χ0) is 9.10. The summed E-state index contributed by atoms with van der Waals surface area (Å²) >= 11 is 3.32. The van der Waals surface area contributed by atoms with Crippen LogP contribution in [0.5, 0.6) is 0 Å². The normalized spacial score (nSPS) is 11.5. The summed E-state index contributed by atoms with van der Waals surface area (Å²) in [4.78, 5) is 4.24. The lowest BCUT2D eigenvalue weighted by Gasteiger charge is -1.91. The number of fused-ring (bicyclic) bond motifs is 1. The van der Waals surface area contributed by atoms with Crippen LogP contribution in [0.3, 0.4) is 0 Å². The third-order valence-corrected chi connectivity index (χ3v) is 2.10. The van der Waals surface area contributed by atoms with Gasteiger partial charge in [-0.25, -0.2) is 0 Å². The van der Waals surface area contributed by atoms with Crippen LogP contribution in [-0.4, -0.2) is 20.5 Å². The van der Waals surface area contributed by atoms with Crippen molar-refractivity contribution in [3.05, 3.63) is 30.2 Å². The van der Waals surface area contributed by atoms with Gasteiger partial charge < -0.3 is 0 Å². The molecule has 0 spiro atoms. The Morgan fingerprint density at radius 2 is 2.38 bits per heavy atom. The van der Waals surface area contributed by atoms with Gasteiger partial charge in [-0.05, 0) is 12.1 Å². The Balaban J connectivity index is 2.42. The summed E-state index contributed by atoms with van der Waals surface area (Å²) in [5.74, 6) is 0. The third-order valence-electron chi connectivity index (χ3n) is 1.72. The van der Waals surface area contributed by atoms with Gasteiger partial charge in [0.2, 0.25) is 0 Å². The van der Waals surface area contributed by atoms with E-state index in [9.17, 15) is 0 Å². The van der Waals surface area contributed by atoms with Crippen molar-refractivity contribution >= 4 is 32.9 Å². The largest absolute Gasteiger partial charge is 0.276 e. The highest BCUT2D eigenvalue weighted by atomic mass is 79.9. The highest BCUT2D eigenvalue weighted by Crippen LogP contribution is 2.10. The van der Waals surface area contributed by atoms with Gasteiger partial charge in [0.05, 0.1) is 23.6 Å². The van der Waals surface area contributed by atoms with Crippen LogP contribution in [0.15, 0.2) is 24.5 Å². The van der Waals surface area contributed by atoms with E-state index in [0.717, 1.165) is 21.9 Å². The Bertz CT molecular complexity index is 433. The fourth-order valence-corrected chi connectivity index (χ4v) is 1.30. The number of rotatable bonds is 2. The number of H-pyrrole nitrogens is 1. The number of nitrogens with one attached hydrogen (secondary N) is 1. The molecule has 2 heterocycles. The van der Waals surface area contributed by atoms with Crippen LogP contribution < -0.4 is 0 Å². The summed E-state index contributed by atoms with van der Waals surface area (Å²) in [6, 6.07) is 2.00. The molecule has 0 aliphatic carbocycles. The average Bonchev–Trinajstić information content (AvgIpc) is 2.61. The number of pyridine rings is 1. The van der Waals surface area contributed by atoms with Crippen LogP contribution in [0.1, 0.15) is 5.69 Å². The SMILES string of the molecule is BrCC=Cc1cc2cn[nH]c2cn1. The van der Waals surface area contributed by atoms with E-state index >= 15 is 0 Å². The van der Waals surface area contributed by atoms with Crippen molar-refractivity contribution in [2.75, 3.05) is 5.33 Å². The molecule has 0 radical (unpaired) electrons. The van der Waals surface area contributed by atoms with Crippen LogP contribution in [0.4, 0.5) is 0 Å². The second-order valence-electron chi connectivity index (χ2n) is 2.62. The molecule has 2 rings (SSSR count). The van der Waals surface area contributed by atoms with E-state index in [4.69, 9.17) is 0 Å². The molecule has 0 atom stereocenters. The second kappa shape index (κ2) is 3.70. The summed E-state index contributed by atoms with van der Waals surface area (Å²) in [5.41, 5.74) is 1.92. The van der Waals surface area contributed by atoms with E-state index in [-0.39, 0.29) is 0 Å². The number of halogens is 1. The summed E-state index contributed by atoms with van der Waals surface area (Å²) in [5, 5.41) is 8.71. The molecule has 0 aliphatic heterocycles. The maximum absolute atomic E-state index is 4.24. The quantitative estimate of drug-likeness (QED) is 0.816. The lowest BCUT2D eigenvalue weighted by atomic mass is 10.2. The van der Waals surface area contributed by atoms with Crippen LogP contribution >= 0.6 is 15.9 Å². The minimum atomic E-state index is 0.845. The molecule has 13 heavy (non-hydrogen) atoms. The molecule has 0 saturated heterocycles. The molecule has 0 bridgehead atoms. The maximum Gasteiger partial charge on any atom is 0.0833 e. The predicted octanol–water partition coefficient (Wildman–Crippen LogP) is 2.37. The van der Waals surface area contributed by atoms with Crippen molar-refractivity contribution < 1.29 is 0 Å². The molecule has 0 aromatic carbocycles. The number of aromatic amines is 1. The van der Waals surface area contributed by atoms with Gasteiger partial charge in [0.15, 0.2) is 0 Å². The lowest BCUT2D eigenvalue weighted by Crippen LogP contribution is -1.79. The first-order chi connectivity index (χ1) is 6.40. The highest BCUT2D eigenvalue weighted by Gasteiger charge is 1.95. The van der Waals surface area contributed by atoms with Gasteiger partial charge in [0, 0.05) is 10.7 Å². The average molecular weight is 238 g/mol. The first kappa shape index (κ1) is 8.44. The Morgan fingerprint density at radius 1 is 1.46 bits per heavy atom. The first-order valence-electron chi connectivity index (χ1n) is 3.92. The number of hydrogen-bond acceptors (Lipinski definition) is 2. The van der Waals surface area contributed by atoms with Gasteiger partial charge in [0.25, 0.3) is 0 Å². The van der Waals surface area contributed by atoms with Crippen molar-refractivity contribution in [3.63, 3.8) is 0 Å². The molecule has 2 aromatic rings. The molecule has 2 aromatic heterocycles. The van der Waals surface area contributed by atoms with E-state index in [2.05, 4.69) is 31.1 Å². The van der Waals surface area contributed by atoms with Crippen molar-refractivity contribution in [2.24, 2.45) is 0 Å². The van der Waals surface area contributed by atoms with E-state index in [0.29, 0.717) is 0 Å². The van der Waals surface area contributed by atoms with Gasteiger partial charge in [-0.15, -0.1) is 0 Å². The van der Waals surface area contributed by atoms with Gasteiger partial charge in [-0.3, -0.25) is 10.1 Å². The van der Waals surface area contributed by atoms with Gasteiger partial charge in [-0.2, -0.15) is 5.10 Å². The third kappa shape index (κ3) is 1.78. The summed E-state index contributed by atoms with van der Waals surface area (Å²) < 4.78 is 0. The van der Waals surface area contributed by atoms with Gasteiger partial charge >= 0.3 is 0 Å². The van der Waals surface area contributed by atoms with Crippen molar-refractivity contribution in [1.82, 2.24) is 15.2 Å². The zero-order valence-electron chi connectivity index (χ0n) is 6.87. The molecule has 0 saturated carbocycles. The van der Waals surface area contributed by atoms with E-state index in [1.807, 2.05) is 18.2 Å². The minimum absolute atomic E-state index is 0.845. The predicted molar refractivity (Wildman–Crippen MR) is 56.7 cm³/mol. The fraction of sp³-hybridized carbons (Fsp3) is 0.111. The topological polar surface area (TPSA) is 41.6 Å². The van der Waals surface area contributed by atoms with Crippen LogP contribution in [0, 0.1) is 0 Å². The smallest absolute Gasteiger partial charge is 0.0833 e. The van der Waals surface area contributed by atoms with Crippen LogP contribution in [-0.2, 0) is 0 Å². The summed E-state index contributed by atoms with van der Waals surface area (Å²) in [6.07, 6.45) is 7.56. The number of alkyl halides is 1. The van der Waals surface area contributed by atoms with Crippen molar-refractivity contribution in [1.29, 1.82) is 0 Å². The van der Waals surface area contributed by atoms with E-state index in [1.165, 1.54) is 0 Å². The Hall–Kier alpha value is -1.16. The molecular formula is C9H8BrN3. The molecule has 0 unspecified atom stereocenters. The summed E-state index contributed by atoms with van der Waals surface area (Å²) in [7, 11) is 0. The Kier molecular flexibility index (Phi) is 2.40. The van der Waals surface area contributed by atoms with Crippen molar-refractivity contribution in [2.45, 2.75) is 0 Å². The second-order valence-corrected chi connectivity index (χ2v) is 3.27. The standard InChI is InChI=1S/C9H8BrN3/c10-3-1-2-8-4-7-5-12-13-9(7)6-11-8/h1-2,4-6H,3H2,(H,12,13). The zero-order valence-corrected chi connectivity index (χ0v) is 8.45. The van der Waals surface area contributed by atoms with E-state index in [1.54, 1.807) is 12.4 Å². The monoisotopic (exact) mass is 237 g/mol. The maximum atomic E-state index is 4.24. The number of hydrogen-bond donors (Lipinski definition) is 1. The minimum Gasteiger partial charge on any atom is -0.276 e. The Labute approximate surface area is 84.0 Å².